The van der Waals surface area contributed by atoms with Gasteiger partial charge in [-0.2, -0.15) is 0 Å². The van der Waals surface area contributed by atoms with Crippen molar-refractivity contribution >= 4 is 12.0 Å². The minimum absolute atomic E-state index is 0.207. The maximum absolute atomic E-state index is 12.1. The topological polar surface area (TPSA) is 78.4 Å². The fourth-order valence-corrected chi connectivity index (χ4v) is 3.69. The molecule has 0 aromatic heterocycles. The van der Waals surface area contributed by atoms with Crippen molar-refractivity contribution in [1.82, 2.24) is 10.6 Å². The summed E-state index contributed by atoms with van der Waals surface area (Å²) in [5.74, 6) is -0.277. The highest BCUT2D eigenvalue weighted by Gasteiger charge is 2.41. The first-order chi connectivity index (χ1) is 10.0. The number of hydrogen-bond acceptors (Lipinski definition) is 2. The second kappa shape index (κ2) is 7.14. The Balaban J connectivity index is 1.82. The van der Waals surface area contributed by atoms with Gasteiger partial charge in [0.1, 0.15) is 0 Å². The third kappa shape index (κ3) is 4.11. The number of rotatable bonds is 4. The molecule has 120 valence electrons. The number of carbonyl (C=O) groups is 2. The van der Waals surface area contributed by atoms with Gasteiger partial charge in [-0.05, 0) is 31.6 Å². The lowest BCUT2D eigenvalue weighted by molar-refractivity contribution is -0.148. The van der Waals surface area contributed by atoms with E-state index in [0.717, 1.165) is 32.1 Å². The highest BCUT2D eigenvalue weighted by atomic mass is 16.4. The van der Waals surface area contributed by atoms with Gasteiger partial charge in [0.05, 0.1) is 5.41 Å². The van der Waals surface area contributed by atoms with Crippen LogP contribution in [0.4, 0.5) is 4.79 Å². The van der Waals surface area contributed by atoms with Crippen molar-refractivity contribution in [3.63, 3.8) is 0 Å². The molecule has 5 nitrogen and oxygen atoms in total. The van der Waals surface area contributed by atoms with Crippen molar-refractivity contribution in [2.24, 2.45) is 11.3 Å². The molecule has 3 N–H and O–H groups in total. The molecule has 2 rings (SSSR count). The minimum atomic E-state index is -0.775. The van der Waals surface area contributed by atoms with Gasteiger partial charge in [-0.15, -0.1) is 0 Å². The number of aliphatic carboxylic acids is 1. The Morgan fingerprint density at radius 1 is 1.10 bits per heavy atom. The van der Waals surface area contributed by atoms with E-state index in [2.05, 4.69) is 17.6 Å². The molecule has 2 unspecified atom stereocenters. The zero-order valence-corrected chi connectivity index (χ0v) is 13.0. The van der Waals surface area contributed by atoms with Crippen LogP contribution < -0.4 is 10.6 Å². The van der Waals surface area contributed by atoms with Gasteiger partial charge in [-0.25, -0.2) is 4.79 Å². The van der Waals surface area contributed by atoms with Gasteiger partial charge in [0.25, 0.3) is 0 Å². The van der Waals surface area contributed by atoms with Gasteiger partial charge >= 0.3 is 12.0 Å². The van der Waals surface area contributed by atoms with Crippen molar-refractivity contribution in [2.75, 3.05) is 6.54 Å². The Morgan fingerprint density at radius 3 is 2.43 bits per heavy atom. The summed E-state index contributed by atoms with van der Waals surface area (Å²) < 4.78 is 0. The van der Waals surface area contributed by atoms with Crippen LogP contribution in [0.1, 0.15) is 64.7 Å². The zero-order chi connectivity index (χ0) is 15.3. The van der Waals surface area contributed by atoms with E-state index in [1.807, 2.05) is 0 Å². The Labute approximate surface area is 126 Å². The molecule has 2 aliphatic rings. The molecule has 2 atom stereocenters. The van der Waals surface area contributed by atoms with E-state index in [1.165, 1.54) is 12.8 Å². The first-order valence-electron chi connectivity index (χ1n) is 8.31. The van der Waals surface area contributed by atoms with Crippen molar-refractivity contribution in [3.05, 3.63) is 0 Å². The van der Waals surface area contributed by atoms with Gasteiger partial charge < -0.3 is 15.7 Å². The molecule has 2 amide bonds. The lowest BCUT2D eigenvalue weighted by Gasteiger charge is -2.26. The quantitative estimate of drug-likeness (QED) is 0.698. The van der Waals surface area contributed by atoms with Crippen molar-refractivity contribution < 1.29 is 14.7 Å². The normalized spacial score (nSPS) is 28.6. The van der Waals surface area contributed by atoms with Gasteiger partial charge in [-0.3, -0.25) is 4.79 Å². The van der Waals surface area contributed by atoms with Crippen LogP contribution in [-0.4, -0.2) is 29.7 Å². The van der Waals surface area contributed by atoms with Crippen LogP contribution in [-0.2, 0) is 4.79 Å². The van der Waals surface area contributed by atoms with Crippen LogP contribution in [0.2, 0.25) is 0 Å². The standard InChI is InChI=1S/C16H28N2O3/c1-12-7-3-2-4-8-13(12)18-15(21)17-11-16(14(19)20)9-5-6-10-16/h12-13H,2-11H2,1H3,(H,19,20)(H2,17,18,21). The van der Waals surface area contributed by atoms with Crippen molar-refractivity contribution in [1.29, 1.82) is 0 Å². The van der Waals surface area contributed by atoms with Gasteiger partial charge in [0.15, 0.2) is 0 Å². The largest absolute Gasteiger partial charge is 0.481 e. The van der Waals surface area contributed by atoms with Crippen LogP contribution in [0.5, 0.6) is 0 Å². The Bertz CT molecular complexity index is 378. The van der Waals surface area contributed by atoms with Crippen molar-refractivity contribution in [3.8, 4) is 0 Å². The monoisotopic (exact) mass is 296 g/mol. The lowest BCUT2D eigenvalue weighted by Crippen LogP contribution is -2.49. The molecule has 21 heavy (non-hydrogen) atoms. The summed E-state index contributed by atoms with van der Waals surface area (Å²) in [6, 6.07) is 0.0122. The highest BCUT2D eigenvalue weighted by molar-refractivity contribution is 5.78. The molecule has 5 heteroatoms. The Kier molecular flexibility index (Phi) is 5.48. The summed E-state index contributed by atoms with van der Waals surface area (Å²) in [5, 5.41) is 15.3. The molecule has 2 aliphatic carbocycles. The number of carboxylic acids is 1. The number of carbonyl (C=O) groups excluding carboxylic acids is 1. The predicted octanol–water partition coefficient (Wildman–Crippen LogP) is 2.90. The van der Waals surface area contributed by atoms with E-state index >= 15 is 0 Å². The van der Waals surface area contributed by atoms with Crippen LogP contribution in [0.3, 0.4) is 0 Å². The maximum atomic E-state index is 12.1. The Hall–Kier alpha value is -1.26. The Morgan fingerprint density at radius 2 is 1.76 bits per heavy atom. The van der Waals surface area contributed by atoms with E-state index in [-0.39, 0.29) is 18.6 Å². The summed E-state index contributed by atoms with van der Waals surface area (Å²) >= 11 is 0. The molecule has 0 radical (unpaired) electrons. The second-order valence-corrected chi connectivity index (χ2v) is 6.84. The van der Waals surface area contributed by atoms with Crippen molar-refractivity contribution in [2.45, 2.75) is 70.8 Å². The zero-order valence-electron chi connectivity index (χ0n) is 13.0. The molecule has 0 heterocycles. The molecule has 0 spiro atoms. The molecule has 2 fully saturated rings. The summed E-state index contributed by atoms with van der Waals surface area (Å²) in [6.07, 6.45) is 9.04. The fraction of sp³-hybridized carbons (Fsp3) is 0.875. The van der Waals surface area contributed by atoms with Crippen LogP contribution in [0, 0.1) is 11.3 Å². The van der Waals surface area contributed by atoms with Crippen LogP contribution >= 0.6 is 0 Å². The molecular formula is C16H28N2O3. The average Bonchev–Trinajstić information content (AvgIpc) is 2.85. The van der Waals surface area contributed by atoms with Crippen LogP contribution in [0.25, 0.3) is 0 Å². The van der Waals surface area contributed by atoms with Gasteiger partial charge in [0.2, 0.25) is 0 Å². The van der Waals surface area contributed by atoms with E-state index in [4.69, 9.17) is 0 Å². The summed E-state index contributed by atoms with van der Waals surface area (Å²) in [7, 11) is 0. The van der Waals surface area contributed by atoms with E-state index in [9.17, 15) is 14.7 Å². The average molecular weight is 296 g/mol. The van der Waals surface area contributed by atoms with E-state index in [0.29, 0.717) is 18.8 Å². The number of amides is 2. The molecular weight excluding hydrogens is 268 g/mol. The summed E-state index contributed by atoms with van der Waals surface area (Å²) in [5.41, 5.74) is -0.744. The first kappa shape index (κ1) is 16.1. The molecule has 2 saturated carbocycles. The molecule has 0 aromatic carbocycles. The second-order valence-electron chi connectivity index (χ2n) is 6.84. The van der Waals surface area contributed by atoms with E-state index < -0.39 is 11.4 Å². The molecule has 0 saturated heterocycles. The SMILES string of the molecule is CC1CCCCCC1NC(=O)NCC1(C(=O)O)CCCC1. The maximum Gasteiger partial charge on any atom is 0.315 e. The molecule has 0 bridgehead atoms. The highest BCUT2D eigenvalue weighted by Crippen LogP contribution is 2.37. The minimum Gasteiger partial charge on any atom is -0.481 e. The molecule has 0 aromatic rings. The number of carboxylic acid groups (broad SMARTS) is 1. The number of hydrogen-bond donors (Lipinski definition) is 3. The summed E-state index contributed by atoms with van der Waals surface area (Å²) in [4.78, 5) is 23.5. The smallest absolute Gasteiger partial charge is 0.315 e. The third-order valence-electron chi connectivity index (χ3n) is 5.28. The fourth-order valence-electron chi connectivity index (χ4n) is 3.69. The van der Waals surface area contributed by atoms with Gasteiger partial charge in [-0.1, -0.05) is 39.0 Å². The summed E-state index contributed by atoms with van der Waals surface area (Å²) in [6.45, 7) is 2.43. The van der Waals surface area contributed by atoms with E-state index in [1.54, 1.807) is 0 Å². The third-order valence-corrected chi connectivity index (χ3v) is 5.28. The molecule has 0 aliphatic heterocycles. The number of nitrogens with one attached hydrogen (secondary N) is 2. The predicted molar refractivity (Wildman–Crippen MR) is 81.1 cm³/mol. The first-order valence-corrected chi connectivity index (χ1v) is 8.31. The number of urea groups is 1. The lowest BCUT2D eigenvalue weighted by atomic mass is 9.86. The van der Waals surface area contributed by atoms with Crippen LogP contribution in [0.15, 0.2) is 0 Å². The van der Waals surface area contributed by atoms with Gasteiger partial charge in [0, 0.05) is 12.6 Å².